The summed E-state index contributed by atoms with van der Waals surface area (Å²) < 4.78 is 19.4. The van der Waals surface area contributed by atoms with E-state index in [0.717, 1.165) is 0 Å². The summed E-state index contributed by atoms with van der Waals surface area (Å²) in [6, 6.07) is 10.6. The fourth-order valence-electron chi connectivity index (χ4n) is 1.51. The lowest BCUT2D eigenvalue weighted by Crippen LogP contribution is -2.10. The molecule has 0 aliphatic rings. The minimum Gasteiger partial charge on any atom is -0.454 e. The van der Waals surface area contributed by atoms with Crippen LogP contribution in [0.4, 0.5) is 4.39 Å². The van der Waals surface area contributed by atoms with Crippen LogP contribution in [0.15, 0.2) is 40.9 Å². The van der Waals surface area contributed by atoms with Gasteiger partial charge in [-0.05, 0) is 52.3 Å². The van der Waals surface area contributed by atoms with Crippen LogP contribution in [0.2, 0.25) is 0 Å². The average Bonchev–Trinajstić information content (AvgIpc) is 2.45. The highest BCUT2D eigenvalue weighted by Gasteiger charge is 2.13. The number of carbonyl (C=O) groups is 1. The monoisotopic (exact) mass is 334 g/mol. The van der Waals surface area contributed by atoms with Crippen LogP contribution in [-0.2, 0) is 0 Å². The second-order valence-corrected chi connectivity index (χ2v) is 4.63. The summed E-state index contributed by atoms with van der Waals surface area (Å²) in [4.78, 5) is 10.9. The van der Waals surface area contributed by atoms with Crippen LogP contribution < -0.4 is 10.5 Å². The second kappa shape index (κ2) is 5.72. The maximum absolute atomic E-state index is 13.9. The number of nitrogens with two attached hydrogens (primary N) is 1. The van der Waals surface area contributed by atoms with Crippen molar-refractivity contribution in [3.05, 3.63) is 57.8 Å². The van der Waals surface area contributed by atoms with Gasteiger partial charge in [-0.3, -0.25) is 4.79 Å². The summed E-state index contributed by atoms with van der Waals surface area (Å²) in [5, 5.41) is 8.77. The first-order valence-electron chi connectivity index (χ1n) is 5.48. The van der Waals surface area contributed by atoms with E-state index in [1.807, 2.05) is 6.07 Å². The fourth-order valence-corrected chi connectivity index (χ4v) is 1.93. The van der Waals surface area contributed by atoms with Gasteiger partial charge in [-0.15, -0.1) is 0 Å². The van der Waals surface area contributed by atoms with E-state index in [2.05, 4.69) is 15.9 Å². The summed E-state index contributed by atoms with van der Waals surface area (Å²) >= 11 is 3.00. The van der Waals surface area contributed by atoms with E-state index in [1.54, 1.807) is 0 Å². The van der Waals surface area contributed by atoms with Gasteiger partial charge in [0.1, 0.15) is 11.8 Å². The molecule has 4 nitrogen and oxygen atoms in total. The van der Waals surface area contributed by atoms with Gasteiger partial charge in [0.25, 0.3) is 0 Å². The van der Waals surface area contributed by atoms with E-state index in [1.165, 1.54) is 36.4 Å². The Balaban J connectivity index is 2.29. The third-order valence-corrected chi connectivity index (χ3v) is 3.31. The van der Waals surface area contributed by atoms with Crippen LogP contribution >= 0.6 is 15.9 Å². The number of ether oxygens (including phenoxy) is 1. The van der Waals surface area contributed by atoms with Gasteiger partial charge < -0.3 is 10.5 Å². The molecule has 0 aliphatic carbocycles. The van der Waals surface area contributed by atoms with Crippen LogP contribution in [0.3, 0.4) is 0 Å². The number of halogens is 2. The Labute approximate surface area is 122 Å². The largest absolute Gasteiger partial charge is 0.454 e. The van der Waals surface area contributed by atoms with Gasteiger partial charge >= 0.3 is 0 Å². The molecule has 100 valence electrons. The number of amides is 1. The molecule has 0 radical (unpaired) electrons. The number of primary amides is 1. The first-order valence-corrected chi connectivity index (χ1v) is 6.28. The fraction of sp³-hybridized carbons (Fsp3) is 0. The lowest BCUT2D eigenvalue weighted by atomic mass is 10.2. The van der Waals surface area contributed by atoms with Crippen LogP contribution in [0, 0.1) is 17.1 Å². The van der Waals surface area contributed by atoms with E-state index in [-0.39, 0.29) is 15.8 Å². The highest BCUT2D eigenvalue weighted by molar-refractivity contribution is 9.10. The molecule has 0 bridgehead atoms. The molecule has 2 N–H and O–H groups in total. The van der Waals surface area contributed by atoms with E-state index in [9.17, 15) is 9.18 Å². The number of hydrogen-bond donors (Lipinski definition) is 1. The van der Waals surface area contributed by atoms with Crippen molar-refractivity contribution in [3.8, 4) is 17.6 Å². The molecule has 2 aromatic carbocycles. The van der Waals surface area contributed by atoms with Gasteiger partial charge in [-0.2, -0.15) is 5.26 Å². The molecule has 6 heteroatoms. The molecule has 20 heavy (non-hydrogen) atoms. The highest BCUT2D eigenvalue weighted by atomic mass is 79.9. The Bertz CT molecular complexity index is 708. The van der Waals surface area contributed by atoms with E-state index < -0.39 is 11.7 Å². The van der Waals surface area contributed by atoms with E-state index >= 15 is 0 Å². The molecular weight excluding hydrogens is 327 g/mol. The van der Waals surface area contributed by atoms with Crippen molar-refractivity contribution < 1.29 is 13.9 Å². The molecule has 1 amide bonds. The molecular formula is C14H8BrFN2O2. The molecule has 0 aromatic heterocycles. The van der Waals surface area contributed by atoms with Crippen molar-refractivity contribution in [1.29, 1.82) is 5.26 Å². The van der Waals surface area contributed by atoms with Gasteiger partial charge in [0, 0.05) is 5.56 Å². The third kappa shape index (κ3) is 2.78. The third-order valence-electron chi connectivity index (χ3n) is 2.53. The van der Waals surface area contributed by atoms with Crippen molar-refractivity contribution in [2.75, 3.05) is 0 Å². The SMILES string of the molecule is N#Cc1ccc(Oc2ccc(C(N)=O)cc2)c(F)c1Br. The first-order chi connectivity index (χ1) is 9.52. The van der Waals surface area contributed by atoms with Crippen molar-refractivity contribution >= 4 is 21.8 Å². The highest BCUT2D eigenvalue weighted by Crippen LogP contribution is 2.31. The summed E-state index contributed by atoms with van der Waals surface area (Å²) in [6.07, 6.45) is 0. The number of benzene rings is 2. The summed E-state index contributed by atoms with van der Waals surface area (Å²) in [5.74, 6) is -0.889. The summed E-state index contributed by atoms with van der Waals surface area (Å²) in [6.45, 7) is 0. The molecule has 0 unspecified atom stereocenters. The smallest absolute Gasteiger partial charge is 0.248 e. The zero-order valence-corrected chi connectivity index (χ0v) is 11.6. The summed E-state index contributed by atoms with van der Waals surface area (Å²) in [7, 11) is 0. The standard InChI is InChI=1S/C14H8BrFN2O2/c15-12-9(7-17)3-6-11(13(12)16)20-10-4-1-8(2-5-10)14(18)19/h1-6H,(H2,18,19). The molecule has 2 rings (SSSR count). The van der Waals surface area contributed by atoms with Crippen molar-refractivity contribution in [3.63, 3.8) is 0 Å². The molecule has 0 saturated carbocycles. The maximum atomic E-state index is 13.9. The number of nitrogens with zero attached hydrogens (tertiary/aromatic N) is 1. The van der Waals surface area contributed by atoms with Crippen molar-refractivity contribution in [1.82, 2.24) is 0 Å². The zero-order chi connectivity index (χ0) is 14.7. The quantitative estimate of drug-likeness (QED) is 0.934. The second-order valence-electron chi connectivity index (χ2n) is 3.84. The van der Waals surface area contributed by atoms with Crippen LogP contribution in [0.1, 0.15) is 15.9 Å². The van der Waals surface area contributed by atoms with Crippen molar-refractivity contribution in [2.24, 2.45) is 5.73 Å². The van der Waals surface area contributed by atoms with Crippen LogP contribution in [-0.4, -0.2) is 5.91 Å². The number of nitriles is 1. The lowest BCUT2D eigenvalue weighted by Gasteiger charge is -2.08. The Morgan fingerprint density at radius 1 is 1.25 bits per heavy atom. The number of hydrogen-bond acceptors (Lipinski definition) is 3. The zero-order valence-electron chi connectivity index (χ0n) is 10.1. The maximum Gasteiger partial charge on any atom is 0.248 e. The topological polar surface area (TPSA) is 76.1 Å². The van der Waals surface area contributed by atoms with Gasteiger partial charge in [-0.25, -0.2) is 4.39 Å². The minimum atomic E-state index is -0.664. The van der Waals surface area contributed by atoms with Crippen molar-refractivity contribution in [2.45, 2.75) is 0 Å². The average molecular weight is 335 g/mol. The van der Waals surface area contributed by atoms with E-state index in [4.69, 9.17) is 15.7 Å². The normalized spacial score (nSPS) is 9.85. The molecule has 0 atom stereocenters. The molecule has 2 aromatic rings. The molecule has 0 heterocycles. The molecule has 0 spiro atoms. The Morgan fingerprint density at radius 3 is 2.45 bits per heavy atom. The van der Waals surface area contributed by atoms with E-state index in [0.29, 0.717) is 11.3 Å². The first kappa shape index (κ1) is 14.0. The lowest BCUT2D eigenvalue weighted by molar-refractivity contribution is 0.100. The van der Waals surface area contributed by atoms with Gasteiger partial charge in [0.05, 0.1) is 10.0 Å². The number of carbonyl (C=O) groups excluding carboxylic acids is 1. The summed E-state index contributed by atoms with van der Waals surface area (Å²) in [5.41, 5.74) is 5.63. The minimum absolute atomic E-state index is 0.0253. The molecule has 0 saturated heterocycles. The molecule has 0 fully saturated rings. The van der Waals surface area contributed by atoms with Gasteiger partial charge in [-0.1, -0.05) is 0 Å². The number of rotatable bonds is 3. The Kier molecular flexibility index (Phi) is 4.01. The Morgan fingerprint density at radius 2 is 1.90 bits per heavy atom. The molecule has 0 aliphatic heterocycles. The van der Waals surface area contributed by atoms with Gasteiger partial charge in [0.15, 0.2) is 11.6 Å². The predicted octanol–water partition coefficient (Wildman–Crippen LogP) is 3.35. The Hall–Kier alpha value is -2.39. The predicted molar refractivity (Wildman–Crippen MR) is 73.8 cm³/mol. The van der Waals surface area contributed by atoms with Crippen LogP contribution in [0.5, 0.6) is 11.5 Å². The van der Waals surface area contributed by atoms with Gasteiger partial charge in [0.2, 0.25) is 5.91 Å². The van der Waals surface area contributed by atoms with Crippen LogP contribution in [0.25, 0.3) is 0 Å².